The molecule has 3 aliphatic rings. The summed E-state index contributed by atoms with van der Waals surface area (Å²) in [5.41, 5.74) is 2.20. The zero-order valence-electron chi connectivity index (χ0n) is 10.2. The molecule has 3 atom stereocenters. The van der Waals surface area contributed by atoms with Crippen molar-refractivity contribution >= 4 is 5.84 Å². The van der Waals surface area contributed by atoms with Gasteiger partial charge in [-0.05, 0) is 29.7 Å². The lowest BCUT2D eigenvalue weighted by Crippen LogP contribution is -2.32. The Morgan fingerprint density at radius 1 is 1.44 bits per heavy atom. The molecule has 94 valence electrons. The molecule has 0 amide bonds. The summed E-state index contributed by atoms with van der Waals surface area (Å²) in [4.78, 5) is 4.57. The fourth-order valence-electron chi connectivity index (χ4n) is 3.75. The second kappa shape index (κ2) is 3.32. The highest BCUT2D eigenvalue weighted by molar-refractivity contribution is 5.95. The van der Waals surface area contributed by atoms with E-state index >= 15 is 0 Å². The molecular weight excluding hydrogens is 231 g/mol. The Bertz CT molecular complexity index is 557. The standard InChI is InChI=1S/C14H15FN2O/c1-18-12-9-3-2-8(15)6-10(9)11-7-14(11,12)13-16-4-5-17-13/h2-3,6,11-12H,4-5,7H2,1H3,(H,16,17). The number of methoxy groups -OCH3 is 1. The molecule has 1 aromatic rings. The third kappa shape index (κ3) is 1.09. The van der Waals surface area contributed by atoms with Gasteiger partial charge in [-0.25, -0.2) is 4.39 Å². The monoisotopic (exact) mass is 246 g/mol. The Balaban J connectivity index is 1.83. The van der Waals surface area contributed by atoms with Crippen molar-refractivity contribution in [3.05, 3.63) is 35.1 Å². The largest absolute Gasteiger partial charge is 0.376 e. The van der Waals surface area contributed by atoms with Gasteiger partial charge in [-0.3, -0.25) is 4.99 Å². The molecule has 0 aromatic heterocycles. The van der Waals surface area contributed by atoms with Gasteiger partial charge in [0.1, 0.15) is 11.7 Å². The number of hydrogen-bond acceptors (Lipinski definition) is 3. The van der Waals surface area contributed by atoms with Gasteiger partial charge in [0.2, 0.25) is 0 Å². The number of fused-ring (bicyclic) bond motifs is 3. The van der Waals surface area contributed by atoms with Crippen LogP contribution in [0.4, 0.5) is 4.39 Å². The van der Waals surface area contributed by atoms with E-state index in [1.807, 2.05) is 6.07 Å². The molecule has 1 saturated carbocycles. The molecule has 3 nitrogen and oxygen atoms in total. The summed E-state index contributed by atoms with van der Waals surface area (Å²) in [6, 6.07) is 5.05. The molecule has 18 heavy (non-hydrogen) atoms. The molecule has 4 heteroatoms. The van der Waals surface area contributed by atoms with E-state index in [1.54, 1.807) is 13.2 Å². The maximum atomic E-state index is 13.4. The molecule has 1 heterocycles. The average Bonchev–Trinajstić information content (AvgIpc) is 2.79. The highest BCUT2D eigenvalue weighted by Gasteiger charge is 2.69. The second-order valence-corrected chi connectivity index (χ2v) is 5.34. The third-order valence-electron chi connectivity index (χ3n) is 4.53. The summed E-state index contributed by atoms with van der Waals surface area (Å²) in [6.07, 6.45) is 1.04. The van der Waals surface area contributed by atoms with Gasteiger partial charge in [-0.1, -0.05) is 6.07 Å². The summed E-state index contributed by atoms with van der Waals surface area (Å²) < 4.78 is 19.1. The number of benzene rings is 1. The van der Waals surface area contributed by atoms with Gasteiger partial charge in [0.05, 0.1) is 18.1 Å². The van der Waals surface area contributed by atoms with Crippen molar-refractivity contribution < 1.29 is 9.13 Å². The molecule has 0 bridgehead atoms. The molecule has 0 spiro atoms. The average molecular weight is 246 g/mol. The molecule has 1 fully saturated rings. The first-order valence-electron chi connectivity index (χ1n) is 6.38. The van der Waals surface area contributed by atoms with Crippen LogP contribution in [0.3, 0.4) is 0 Å². The molecule has 1 N–H and O–H groups in total. The quantitative estimate of drug-likeness (QED) is 0.866. The van der Waals surface area contributed by atoms with Gasteiger partial charge in [0.25, 0.3) is 0 Å². The normalized spacial score (nSPS) is 35.8. The number of amidine groups is 1. The first kappa shape index (κ1) is 10.5. The van der Waals surface area contributed by atoms with E-state index in [9.17, 15) is 4.39 Å². The van der Waals surface area contributed by atoms with Gasteiger partial charge < -0.3 is 10.1 Å². The van der Waals surface area contributed by atoms with Crippen LogP contribution in [0.2, 0.25) is 0 Å². The van der Waals surface area contributed by atoms with Gasteiger partial charge in [-0.2, -0.15) is 0 Å². The Morgan fingerprint density at radius 3 is 3.06 bits per heavy atom. The number of hydrogen-bond donors (Lipinski definition) is 1. The van der Waals surface area contributed by atoms with E-state index in [1.165, 1.54) is 6.07 Å². The zero-order valence-corrected chi connectivity index (χ0v) is 10.2. The maximum absolute atomic E-state index is 13.4. The lowest BCUT2D eigenvalue weighted by Gasteiger charge is -2.23. The fourth-order valence-corrected chi connectivity index (χ4v) is 3.75. The van der Waals surface area contributed by atoms with E-state index < -0.39 is 0 Å². The zero-order chi connectivity index (χ0) is 12.3. The van der Waals surface area contributed by atoms with Gasteiger partial charge in [0, 0.05) is 19.6 Å². The Labute approximate surface area is 105 Å². The summed E-state index contributed by atoms with van der Waals surface area (Å²) >= 11 is 0. The third-order valence-corrected chi connectivity index (χ3v) is 4.53. The van der Waals surface area contributed by atoms with Crippen LogP contribution in [-0.2, 0) is 4.74 Å². The summed E-state index contributed by atoms with van der Waals surface area (Å²) in [6.45, 7) is 1.75. The summed E-state index contributed by atoms with van der Waals surface area (Å²) in [5.74, 6) is 1.28. The van der Waals surface area contributed by atoms with Crippen molar-refractivity contribution in [1.29, 1.82) is 0 Å². The minimum atomic E-state index is -0.160. The maximum Gasteiger partial charge on any atom is 0.123 e. The SMILES string of the molecule is COC1c2ccc(F)cc2C2CC21C1=NCCN1. The van der Waals surface area contributed by atoms with Crippen molar-refractivity contribution in [2.45, 2.75) is 18.4 Å². The minimum absolute atomic E-state index is 0.0162. The van der Waals surface area contributed by atoms with Crippen molar-refractivity contribution in [2.75, 3.05) is 20.2 Å². The van der Waals surface area contributed by atoms with Crippen molar-refractivity contribution in [1.82, 2.24) is 5.32 Å². The molecule has 1 aliphatic heterocycles. The number of aliphatic imine (C=N–C) groups is 1. The topological polar surface area (TPSA) is 33.6 Å². The van der Waals surface area contributed by atoms with Crippen molar-refractivity contribution in [2.24, 2.45) is 10.4 Å². The van der Waals surface area contributed by atoms with E-state index in [4.69, 9.17) is 4.74 Å². The predicted octanol–water partition coefficient (Wildman–Crippen LogP) is 2.00. The van der Waals surface area contributed by atoms with Gasteiger partial charge in [-0.15, -0.1) is 0 Å². The number of halogens is 1. The molecule has 2 aliphatic carbocycles. The van der Waals surface area contributed by atoms with Crippen LogP contribution in [-0.4, -0.2) is 26.0 Å². The first-order chi connectivity index (χ1) is 8.77. The smallest absolute Gasteiger partial charge is 0.123 e. The summed E-state index contributed by atoms with van der Waals surface area (Å²) in [5, 5.41) is 3.37. The number of ether oxygens (including phenoxy) is 1. The van der Waals surface area contributed by atoms with Crippen LogP contribution in [0.1, 0.15) is 29.6 Å². The Morgan fingerprint density at radius 2 is 2.33 bits per heavy atom. The lowest BCUT2D eigenvalue weighted by atomic mass is 9.95. The minimum Gasteiger partial charge on any atom is -0.376 e. The van der Waals surface area contributed by atoms with Crippen LogP contribution >= 0.6 is 0 Å². The Hall–Kier alpha value is -1.42. The van der Waals surface area contributed by atoms with Gasteiger partial charge >= 0.3 is 0 Å². The van der Waals surface area contributed by atoms with Crippen molar-refractivity contribution in [3.63, 3.8) is 0 Å². The summed E-state index contributed by atoms with van der Waals surface area (Å²) in [7, 11) is 1.73. The highest BCUT2D eigenvalue weighted by Crippen LogP contribution is 2.73. The van der Waals surface area contributed by atoms with Crippen LogP contribution in [0.25, 0.3) is 0 Å². The number of nitrogens with zero attached hydrogens (tertiary/aromatic N) is 1. The number of rotatable bonds is 2. The molecule has 0 radical (unpaired) electrons. The van der Waals surface area contributed by atoms with Crippen LogP contribution in [0.15, 0.2) is 23.2 Å². The molecule has 3 unspecified atom stereocenters. The predicted molar refractivity (Wildman–Crippen MR) is 66.2 cm³/mol. The lowest BCUT2D eigenvalue weighted by molar-refractivity contribution is 0.0697. The van der Waals surface area contributed by atoms with Crippen LogP contribution < -0.4 is 5.32 Å². The van der Waals surface area contributed by atoms with E-state index in [-0.39, 0.29) is 17.3 Å². The highest BCUT2D eigenvalue weighted by atomic mass is 19.1. The molecule has 4 rings (SSSR count). The van der Waals surface area contributed by atoms with Crippen LogP contribution in [0, 0.1) is 11.2 Å². The van der Waals surface area contributed by atoms with E-state index in [2.05, 4.69) is 10.3 Å². The fraction of sp³-hybridized carbons (Fsp3) is 0.500. The van der Waals surface area contributed by atoms with Gasteiger partial charge in [0.15, 0.2) is 0 Å². The number of nitrogens with one attached hydrogen (secondary N) is 1. The molecule has 0 saturated heterocycles. The van der Waals surface area contributed by atoms with E-state index in [0.29, 0.717) is 5.92 Å². The molecule has 1 aromatic carbocycles. The second-order valence-electron chi connectivity index (χ2n) is 5.34. The Kier molecular flexibility index (Phi) is 1.94. The molecular formula is C14H15FN2O. The first-order valence-corrected chi connectivity index (χ1v) is 6.38. The van der Waals surface area contributed by atoms with Crippen molar-refractivity contribution in [3.8, 4) is 0 Å². The van der Waals surface area contributed by atoms with E-state index in [0.717, 1.165) is 36.5 Å². The van der Waals surface area contributed by atoms with Crippen LogP contribution in [0.5, 0.6) is 0 Å².